The van der Waals surface area contributed by atoms with Crippen molar-refractivity contribution in [2.24, 2.45) is 11.1 Å². The topological polar surface area (TPSA) is 48.1 Å². The lowest BCUT2D eigenvalue weighted by Crippen LogP contribution is -2.46. The van der Waals surface area contributed by atoms with Crippen molar-refractivity contribution < 1.29 is 4.74 Å². The summed E-state index contributed by atoms with van der Waals surface area (Å²) >= 11 is 1.73. The second-order valence-electron chi connectivity index (χ2n) is 6.19. The molecule has 0 spiro atoms. The predicted molar refractivity (Wildman–Crippen MR) is 86.2 cm³/mol. The Morgan fingerprint density at radius 3 is 2.60 bits per heavy atom. The maximum atomic E-state index is 6.39. The standard InChI is InChI=1S/C16H24N2OS/c1-5-19-15(16(2,3)4)11(17)10-14-18-12-8-6-7-9-13(12)20-14/h6-9,11,15H,5,10,17H2,1-4H3. The number of fused-ring (bicyclic) bond motifs is 1. The zero-order valence-corrected chi connectivity index (χ0v) is 13.5. The quantitative estimate of drug-likeness (QED) is 0.915. The number of rotatable bonds is 5. The van der Waals surface area contributed by atoms with Crippen LogP contribution in [0.2, 0.25) is 0 Å². The van der Waals surface area contributed by atoms with Crippen molar-refractivity contribution in [3.63, 3.8) is 0 Å². The molecule has 1 aromatic carbocycles. The highest BCUT2D eigenvalue weighted by molar-refractivity contribution is 7.18. The molecule has 2 atom stereocenters. The van der Waals surface area contributed by atoms with Crippen LogP contribution in [0.4, 0.5) is 0 Å². The van der Waals surface area contributed by atoms with Gasteiger partial charge in [0, 0.05) is 19.1 Å². The fourth-order valence-electron chi connectivity index (χ4n) is 2.51. The van der Waals surface area contributed by atoms with Crippen LogP contribution in [0.5, 0.6) is 0 Å². The molecule has 110 valence electrons. The summed E-state index contributed by atoms with van der Waals surface area (Å²) in [5, 5.41) is 1.09. The Balaban J connectivity index is 2.14. The lowest BCUT2D eigenvalue weighted by Gasteiger charge is -2.34. The van der Waals surface area contributed by atoms with Crippen molar-refractivity contribution in [3.05, 3.63) is 29.3 Å². The van der Waals surface area contributed by atoms with Crippen LogP contribution in [-0.2, 0) is 11.2 Å². The third kappa shape index (κ3) is 3.57. The first kappa shape index (κ1) is 15.4. The number of ether oxygens (including phenoxy) is 1. The average Bonchev–Trinajstić information content (AvgIpc) is 2.76. The van der Waals surface area contributed by atoms with Crippen LogP contribution in [0.3, 0.4) is 0 Å². The minimum atomic E-state index is -0.0319. The van der Waals surface area contributed by atoms with E-state index in [9.17, 15) is 0 Å². The van der Waals surface area contributed by atoms with Crippen LogP contribution < -0.4 is 5.73 Å². The molecule has 0 aliphatic heterocycles. The molecule has 1 aromatic heterocycles. The van der Waals surface area contributed by atoms with E-state index in [0.717, 1.165) is 16.9 Å². The molecule has 2 rings (SSSR count). The van der Waals surface area contributed by atoms with E-state index in [0.29, 0.717) is 6.61 Å². The summed E-state index contributed by atoms with van der Waals surface area (Å²) in [4.78, 5) is 4.66. The lowest BCUT2D eigenvalue weighted by atomic mass is 9.84. The average molecular weight is 292 g/mol. The van der Waals surface area contributed by atoms with Crippen molar-refractivity contribution >= 4 is 21.6 Å². The summed E-state index contributed by atoms with van der Waals surface area (Å²) in [6.07, 6.45) is 0.806. The Morgan fingerprint density at radius 1 is 1.30 bits per heavy atom. The van der Waals surface area contributed by atoms with Gasteiger partial charge < -0.3 is 10.5 Å². The van der Waals surface area contributed by atoms with Crippen molar-refractivity contribution in [2.45, 2.75) is 46.3 Å². The van der Waals surface area contributed by atoms with Gasteiger partial charge in [-0.05, 0) is 24.5 Å². The molecule has 2 aromatic rings. The smallest absolute Gasteiger partial charge is 0.0955 e. The second kappa shape index (κ2) is 6.20. The van der Waals surface area contributed by atoms with Gasteiger partial charge in [-0.1, -0.05) is 32.9 Å². The van der Waals surface area contributed by atoms with Crippen LogP contribution >= 0.6 is 11.3 Å². The number of hydrogen-bond acceptors (Lipinski definition) is 4. The van der Waals surface area contributed by atoms with E-state index in [4.69, 9.17) is 10.5 Å². The third-order valence-corrected chi connectivity index (χ3v) is 4.40. The first-order valence-electron chi connectivity index (χ1n) is 7.13. The molecule has 4 heteroatoms. The minimum Gasteiger partial charge on any atom is -0.376 e. The molecule has 0 amide bonds. The first-order valence-corrected chi connectivity index (χ1v) is 7.95. The number of nitrogens with zero attached hydrogens (tertiary/aromatic N) is 1. The van der Waals surface area contributed by atoms with Gasteiger partial charge in [0.1, 0.15) is 0 Å². The van der Waals surface area contributed by atoms with E-state index < -0.39 is 0 Å². The zero-order chi connectivity index (χ0) is 14.8. The Morgan fingerprint density at radius 2 is 2.00 bits per heavy atom. The summed E-state index contributed by atoms with van der Waals surface area (Å²) in [5.41, 5.74) is 7.48. The molecule has 2 N–H and O–H groups in total. The second-order valence-corrected chi connectivity index (χ2v) is 7.30. The van der Waals surface area contributed by atoms with Gasteiger partial charge in [-0.2, -0.15) is 0 Å². The molecule has 0 fully saturated rings. The van der Waals surface area contributed by atoms with Gasteiger partial charge in [0.15, 0.2) is 0 Å². The Hall–Kier alpha value is -0.970. The van der Waals surface area contributed by atoms with Crippen molar-refractivity contribution in [1.29, 1.82) is 0 Å². The maximum Gasteiger partial charge on any atom is 0.0955 e. The molecular weight excluding hydrogens is 268 g/mol. The fourth-order valence-corrected chi connectivity index (χ4v) is 3.55. The van der Waals surface area contributed by atoms with Gasteiger partial charge in [-0.25, -0.2) is 4.98 Å². The monoisotopic (exact) mass is 292 g/mol. The molecule has 2 unspecified atom stereocenters. The number of nitrogens with two attached hydrogens (primary N) is 1. The van der Waals surface area contributed by atoms with Crippen LogP contribution in [0.1, 0.15) is 32.7 Å². The molecular formula is C16H24N2OS. The minimum absolute atomic E-state index is 0.0319. The normalized spacial score (nSPS) is 15.4. The largest absolute Gasteiger partial charge is 0.376 e. The van der Waals surface area contributed by atoms with Gasteiger partial charge in [0.25, 0.3) is 0 Å². The maximum absolute atomic E-state index is 6.39. The van der Waals surface area contributed by atoms with E-state index in [2.05, 4.69) is 31.8 Å². The lowest BCUT2D eigenvalue weighted by molar-refractivity contribution is -0.0274. The van der Waals surface area contributed by atoms with Gasteiger partial charge in [-0.3, -0.25) is 0 Å². The van der Waals surface area contributed by atoms with Crippen molar-refractivity contribution in [3.8, 4) is 0 Å². The van der Waals surface area contributed by atoms with E-state index >= 15 is 0 Å². The zero-order valence-electron chi connectivity index (χ0n) is 12.7. The van der Waals surface area contributed by atoms with Crippen LogP contribution in [0.25, 0.3) is 10.2 Å². The molecule has 0 saturated heterocycles. The first-order chi connectivity index (χ1) is 9.41. The molecule has 20 heavy (non-hydrogen) atoms. The summed E-state index contributed by atoms with van der Waals surface area (Å²) in [7, 11) is 0. The van der Waals surface area contributed by atoms with Crippen molar-refractivity contribution in [1.82, 2.24) is 4.98 Å². The summed E-state index contributed by atoms with van der Waals surface area (Å²) in [6, 6.07) is 8.18. The molecule has 3 nitrogen and oxygen atoms in total. The Bertz CT molecular complexity index is 526. The number of benzene rings is 1. The summed E-state index contributed by atoms with van der Waals surface area (Å²) < 4.78 is 7.09. The number of para-hydroxylation sites is 1. The Labute approximate surface area is 125 Å². The van der Waals surface area contributed by atoms with Gasteiger partial charge >= 0.3 is 0 Å². The van der Waals surface area contributed by atoms with E-state index in [-0.39, 0.29) is 17.6 Å². The molecule has 0 aliphatic carbocycles. The molecule has 0 saturated carbocycles. The summed E-state index contributed by atoms with van der Waals surface area (Å²) in [6.45, 7) is 9.22. The van der Waals surface area contributed by atoms with Gasteiger partial charge in [0.05, 0.1) is 21.3 Å². The van der Waals surface area contributed by atoms with E-state index in [1.54, 1.807) is 11.3 Å². The highest BCUT2D eigenvalue weighted by Crippen LogP contribution is 2.28. The predicted octanol–water partition coefficient (Wildman–Crippen LogP) is 3.62. The van der Waals surface area contributed by atoms with Crippen molar-refractivity contribution in [2.75, 3.05) is 6.61 Å². The van der Waals surface area contributed by atoms with Gasteiger partial charge in [-0.15, -0.1) is 11.3 Å². The third-order valence-electron chi connectivity index (χ3n) is 3.34. The van der Waals surface area contributed by atoms with E-state index in [1.807, 2.05) is 25.1 Å². The molecule has 0 bridgehead atoms. The van der Waals surface area contributed by atoms with Crippen LogP contribution in [-0.4, -0.2) is 23.7 Å². The fraction of sp³-hybridized carbons (Fsp3) is 0.562. The highest BCUT2D eigenvalue weighted by Gasteiger charge is 2.31. The Kier molecular flexibility index (Phi) is 4.78. The molecule has 1 heterocycles. The number of aromatic nitrogens is 1. The molecule has 0 radical (unpaired) electrons. The van der Waals surface area contributed by atoms with Gasteiger partial charge in [0.2, 0.25) is 0 Å². The number of thiazole rings is 1. The SMILES string of the molecule is CCOC(C(N)Cc1nc2ccccc2s1)C(C)(C)C. The number of hydrogen-bond donors (Lipinski definition) is 1. The van der Waals surface area contributed by atoms with E-state index in [1.165, 1.54) is 4.70 Å². The van der Waals surface area contributed by atoms with Crippen LogP contribution in [0, 0.1) is 5.41 Å². The summed E-state index contributed by atoms with van der Waals surface area (Å²) in [5.74, 6) is 0. The molecule has 0 aliphatic rings. The highest BCUT2D eigenvalue weighted by atomic mass is 32.1. The van der Waals surface area contributed by atoms with Crippen LogP contribution in [0.15, 0.2) is 24.3 Å².